The molecule has 1 fully saturated rings. The van der Waals surface area contributed by atoms with E-state index in [1.165, 1.54) is 31.2 Å². The van der Waals surface area contributed by atoms with Crippen LogP contribution in [0.5, 0.6) is 5.75 Å². The second-order valence-corrected chi connectivity index (χ2v) is 5.95. The number of ether oxygens (including phenoxy) is 1. The van der Waals surface area contributed by atoms with E-state index in [2.05, 4.69) is 29.7 Å². The molecule has 1 aliphatic rings. The Balaban J connectivity index is 1.76. The average molecular weight is 292 g/mol. The van der Waals surface area contributed by atoms with Crippen molar-refractivity contribution < 1.29 is 4.74 Å². The molecule has 0 radical (unpaired) electrons. The number of hydrogen-bond acceptors (Lipinski definition) is 2. The van der Waals surface area contributed by atoms with E-state index < -0.39 is 0 Å². The zero-order valence-electron chi connectivity index (χ0n) is 12.3. The van der Waals surface area contributed by atoms with Crippen molar-refractivity contribution in [2.45, 2.75) is 45.2 Å². The second kappa shape index (κ2) is 7.48. The molecule has 1 aromatic carbocycles. The van der Waals surface area contributed by atoms with E-state index in [0.717, 1.165) is 17.4 Å². The zero-order chi connectivity index (χ0) is 14.4. The third-order valence-electron chi connectivity index (χ3n) is 4.04. The van der Waals surface area contributed by atoms with Gasteiger partial charge in [0.25, 0.3) is 0 Å². The summed E-state index contributed by atoms with van der Waals surface area (Å²) >= 11 is 5.39. The molecule has 4 heteroatoms. The van der Waals surface area contributed by atoms with Crippen LogP contribution in [0.1, 0.15) is 38.2 Å². The highest BCUT2D eigenvalue weighted by Gasteiger charge is 2.21. The van der Waals surface area contributed by atoms with Crippen molar-refractivity contribution in [3.8, 4) is 5.75 Å². The van der Waals surface area contributed by atoms with Gasteiger partial charge in [-0.15, -0.1) is 0 Å². The largest absolute Gasteiger partial charge is 0.497 e. The van der Waals surface area contributed by atoms with Gasteiger partial charge in [0.2, 0.25) is 0 Å². The normalized spacial score (nSPS) is 22.1. The smallest absolute Gasteiger partial charge is 0.166 e. The van der Waals surface area contributed by atoms with Crippen LogP contribution in [0.3, 0.4) is 0 Å². The van der Waals surface area contributed by atoms with Crippen molar-refractivity contribution in [3.05, 3.63) is 29.8 Å². The standard InChI is InChI=1S/C16H24N2OS/c1-12-5-3-4-6-15(12)18-16(20)17-11-13-7-9-14(19-2)10-8-13/h7-10,12,15H,3-6,11H2,1-2H3,(H2,17,18,20)/t12-,15-/m1/s1. The topological polar surface area (TPSA) is 33.3 Å². The molecular weight excluding hydrogens is 268 g/mol. The van der Waals surface area contributed by atoms with Crippen molar-refractivity contribution in [1.82, 2.24) is 10.6 Å². The fourth-order valence-electron chi connectivity index (χ4n) is 2.68. The summed E-state index contributed by atoms with van der Waals surface area (Å²) in [5.74, 6) is 1.59. The van der Waals surface area contributed by atoms with E-state index in [9.17, 15) is 0 Å². The van der Waals surface area contributed by atoms with Crippen molar-refractivity contribution in [2.24, 2.45) is 5.92 Å². The van der Waals surface area contributed by atoms with Crippen LogP contribution in [0.4, 0.5) is 0 Å². The van der Waals surface area contributed by atoms with Gasteiger partial charge < -0.3 is 15.4 Å². The predicted octanol–water partition coefficient (Wildman–Crippen LogP) is 3.24. The third kappa shape index (κ3) is 4.37. The fourth-order valence-corrected chi connectivity index (χ4v) is 2.90. The van der Waals surface area contributed by atoms with Crippen LogP contribution in [0.25, 0.3) is 0 Å². The lowest BCUT2D eigenvalue weighted by Crippen LogP contribution is -2.45. The molecule has 1 aliphatic carbocycles. The lowest BCUT2D eigenvalue weighted by molar-refractivity contribution is 0.308. The zero-order valence-corrected chi connectivity index (χ0v) is 13.1. The van der Waals surface area contributed by atoms with Crippen LogP contribution in [0.2, 0.25) is 0 Å². The molecule has 0 amide bonds. The van der Waals surface area contributed by atoms with E-state index in [-0.39, 0.29) is 0 Å². The number of rotatable bonds is 4. The van der Waals surface area contributed by atoms with Gasteiger partial charge in [-0.2, -0.15) is 0 Å². The maximum Gasteiger partial charge on any atom is 0.166 e. The number of thiocarbonyl (C=S) groups is 1. The van der Waals surface area contributed by atoms with Gasteiger partial charge in [-0.1, -0.05) is 31.9 Å². The highest BCUT2D eigenvalue weighted by atomic mass is 32.1. The summed E-state index contributed by atoms with van der Waals surface area (Å²) in [6.07, 6.45) is 5.19. The van der Waals surface area contributed by atoms with Crippen molar-refractivity contribution >= 4 is 17.3 Å². The second-order valence-electron chi connectivity index (χ2n) is 5.54. The van der Waals surface area contributed by atoms with Gasteiger partial charge in [-0.3, -0.25) is 0 Å². The van der Waals surface area contributed by atoms with Gasteiger partial charge >= 0.3 is 0 Å². The maximum atomic E-state index is 5.39. The first-order valence-corrected chi connectivity index (χ1v) is 7.77. The van der Waals surface area contributed by atoms with Gasteiger partial charge in [-0.05, 0) is 48.7 Å². The number of hydrogen-bond donors (Lipinski definition) is 2. The molecule has 0 saturated heterocycles. The molecular formula is C16H24N2OS. The Labute approximate surface area is 127 Å². The van der Waals surface area contributed by atoms with E-state index in [4.69, 9.17) is 17.0 Å². The third-order valence-corrected chi connectivity index (χ3v) is 4.30. The molecule has 0 heterocycles. The number of methoxy groups -OCH3 is 1. The van der Waals surface area contributed by atoms with Crippen LogP contribution < -0.4 is 15.4 Å². The van der Waals surface area contributed by atoms with Crippen LogP contribution >= 0.6 is 12.2 Å². The number of benzene rings is 1. The van der Waals surface area contributed by atoms with Crippen molar-refractivity contribution in [2.75, 3.05) is 7.11 Å². The quantitative estimate of drug-likeness (QED) is 0.835. The first kappa shape index (κ1) is 15.1. The minimum absolute atomic E-state index is 0.527. The van der Waals surface area contributed by atoms with Crippen molar-refractivity contribution in [1.29, 1.82) is 0 Å². The van der Waals surface area contributed by atoms with Crippen LogP contribution in [-0.4, -0.2) is 18.3 Å². The summed E-state index contributed by atoms with van der Waals surface area (Å²) in [5.41, 5.74) is 1.20. The molecule has 110 valence electrons. The lowest BCUT2D eigenvalue weighted by Gasteiger charge is -2.30. The van der Waals surface area contributed by atoms with Crippen LogP contribution in [0.15, 0.2) is 24.3 Å². The molecule has 0 unspecified atom stereocenters. The molecule has 2 atom stereocenters. The Kier molecular flexibility index (Phi) is 5.65. The fraction of sp³-hybridized carbons (Fsp3) is 0.562. The van der Waals surface area contributed by atoms with Gasteiger partial charge in [0.1, 0.15) is 5.75 Å². The van der Waals surface area contributed by atoms with E-state index in [1.807, 2.05) is 12.1 Å². The lowest BCUT2D eigenvalue weighted by atomic mass is 9.86. The maximum absolute atomic E-state index is 5.39. The van der Waals surface area contributed by atoms with Crippen LogP contribution in [-0.2, 0) is 6.54 Å². The molecule has 3 nitrogen and oxygen atoms in total. The Morgan fingerprint density at radius 1 is 1.25 bits per heavy atom. The molecule has 20 heavy (non-hydrogen) atoms. The van der Waals surface area contributed by atoms with Gasteiger partial charge in [-0.25, -0.2) is 0 Å². The SMILES string of the molecule is COc1ccc(CNC(=S)N[C@@H]2CCCC[C@H]2C)cc1. The summed E-state index contributed by atoms with van der Waals surface area (Å²) in [5, 5.41) is 7.50. The molecule has 0 bridgehead atoms. The first-order valence-electron chi connectivity index (χ1n) is 7.36. The number of nitrogens with one attached hydrogen (secondary N) is 2. The monoisotopic (exact) mass is 292 g/mol. The molecule has 1 aromatic rings. The summed E-state index contributed by atoms with van der Waals surface area (Å²) in [4.78, 5) is 0. The summed E-state index contributed by atoms with van der Waals surface area (Å²) in [6, 6.07) is 8.57. The predicted molar refractivity (Wildman–Crippen MR) is 87.0 cm³/mol. The molecule has 2 N–H and O–H groups in total. The van der Waals surface area contributed by atoms with Crippen molar-refractivity contribution in [3.63, 3.8) is 0 Å². The molecule has 0 spiro atoms. The minimum Gasteiger partial charge on any atom is -0.497 e. The van der Waals surface area contributed by atoms with Gasteiger partial charge in [0.05, 0.1) is 7.11 Å². The molecule has 1 saturated carbocycles. The van der Waals surface area contributed by atoms with E-state index in [1.54, 1.807) is 7.11 Å². The van der Waals surface area contributed by atoms with E-state index in [0.29, 0.717) is 12.0 Å². The highest BCUT2D eigenvalue weighted by molar-refractivity contribution is 7.80. The first-order chi connectivity index (χ1) is 9.69. The van der Waals surface area contributed by atoms with Gasteiger partial charge in [0.15, 0.2) is 5.11 Å². The van der Waals surface area contributed by atoms with Gasteiger partial charge in [0, 0.05) is 12.6 Å². The molecule has 0 aliphatic heterocycles. The Hall–Kier alpha value is -1.29. The Morgan fingerprint density at radius 3 is 2.60 bits per heavy atom. The molecule has 0 aromatic heterocycles. The highest BCUT2D eigenvalue weighted by Crippen LogP contribution is 2.23. The summed E-state index contributed by atoms with van der Waals surface area (Å²) in [6.45, 7) is 3.06. The Morgan fingerprint density at radius 2 is 1.95 bits per heavy atom. The molecule has 2 rings (SSSR count). The van der Waals surface area contributed by atoms with E-state index >= 15 is 0 Å². The van der Waals surface area contributed by atoms with Crippen LogP contribution in [0, 0.1) is 5.92 Å². The average Bonchev–Trinajstić information content (AvgIpc) is 2.48. The minimum atomic E-state index is 0.527. The summed E-state index contributed by atoms with van der Waals surface area (Å²) < 4.78 is 5.15. The summed E-state index contributed by atoms with van der Waals surface area (Å²) in [7, 11) is 1.68. The Bertz CT molecular complexity index is 433.